The van der Waals surface area contributed by atoms with Gasteiger partial charge in [0, 0.05) is 6.04 Å². The molecule has 0 aromatic heterocycles. The summed E-state index contributed by atoms with van der Waals surface area (Å²) in [5.74, 6) is 0.628. The molecule has 0 heterocycles. The number of hydrogen-bond donors (Lipinski definition) is 1. The molecule has 112 valence electrons. The number of hydrogen-bond acceptors (Lipinski definition) is 1. The maximum absolute atomic E-state index is 6.80. The number of rotatable bonds is 2. The van der Waals surface area contributed by atoms with Gasteiger partial charge >= 0.3 is 0 Å². The van der Waals surface area contributed by atoms with Crippen LogP contribution >= 0.6 is 0 Å². The molecular formula is C21H23N. The molecule has 2 N–H and O–H groups in total. The minimum Gasteiger partial charge on any atom is -0.324 e. The van der Waals surface area contributed by atoms with Crippen LogP contribution in [0.25, 0.3) is 21.5 Å². The van der Waals surface area contributed by atoms with Crippen molar-refractivity contribution in [1.82, 2.24) is 0 Å². The lowest BCUT2D eigenvalue weighted by molar-refractivity contribution is 0.310. The highest BCUT2D eigenvalue weighted by Crippen LogP contribution is 2.39. The molecule has 1 saturated carbocycles. The van der Waals surface area contributed by atoms with Gasteiger partial charge in [0.1, 0.15) is 0 Å². The SMILES string of the molecule is N[C@@H](c1c2ccccc2cc2ccccc12)C1CCCCC1. The van der Waals surface area contributed by atoms with Crippen LogP contribution in [-0.4, -0.2) is 0 Å². The fourth-order valence-electron chi connectivity index (χ4n) is 4.14. The Labute approximate surface area is 132 Å². The Morgan fingerprint density at radius 1 is 0.773 bits per heavy atom. The molecule has 0 aliphatic heterocycles. The van der Waals surface area contributed by atoms with E-state index in [1.165, 1.54) is 59.2 Å². The van der Waals surface area contributed by atoms with Crippen molar-refractivity contribution in [3.63, 3.8) is 0 Å². The van der Waals surface area contributed by atoms with E-state index in [-0.39, 0.29) is 6.04 Å². The molecule has 0 bridgehead atoms. The topological polar surface area (TPSA) is 26.0 Å². The van der Waals surface area contributed by atoms with Gasteiger partial charge in [0.2, 0.25) is 0 Å². The van der Waals surface area contributed by atoms with Crippen molar-refractivity contribution in [3.05, 3.63) is 60.2 Å². The minimum atomic E-state index is 0.149. The molecule has 1 heteroatoms. The molecule has 3 aromatic rings. The lowest BCUT2D eigenvalue weighted by atomic mass is 9.79. The first-order valence-electron chi connectivity index (χ1n) is 8.50. The first kappa shape index (κ1) is 13.8. The van der Waals surface area contributed by atoms with Crippen LogP contribution < -0.4 is 5.73 Å². The van der Waals surface area contributed by atoms with Crippen molar-refractivity contribution >= 4 is 21.5 Å². The third-order valence-electron chi connectivity index (χ3n) is 5.30. The summed E-state index contributed by atoms with van der Waals surface area (Å²) < 4.78 is 0. The van der Waals surface area contributed by atoms with Gasteiger partial charge in [-0.05, 0) is 51.9 Å². The van der Waals surface area contributed by atoms with E-state index in [0.717, 1.165) is 0 Å². The maximum atomic E-state index is 6.80. The van der Waals surface area contributed by atoms with Crippen molar-refractivity contribution in [3.8, 4) is 0 Å². The summed E-state index contributed by atoms with van der Waals surface area (Å²) in [6, 6.07) is 19.8. The zero-order valence-corrected chi connectivity index (χ0v) is 13.0. The smallest absolute Gasteiger partial charge is 0.0335 e. The van der Waals surface area contributed by atoms with Crippen LogP contribution in [-0.2, 0) is 0 Å². The molecule has 1 nitrogen and oxygen atoms in total. The van der Waals surface area contributed by atoms with Gasteiger partial charge in [-0.25, -0.2) is 0 Å². The van der Waals surface area contributed by atoms with E-state index >= 15 is 0 Å². The summed E-state index contributed by atoms with van der Waals surface area (Å²) >= 11 is 0. The zero-order chi connectivity index (χ0) is 14.9. The van der Waals surface area contributed by atoms with Crippen LogP contribution in [0.4, 0.5) is 0 Å². The zero-order valence-electron chi connectivity index (χ0n) is 13.0. The van der Waals surface area contributed by atoms with Gasteiger partial charge in [0.15, 0.2) is 0 Å². The fourth-order valence-corrected chi connectivity index (χ4v) is 4.14. The number of nitrogens with two attached hydrogens (primary N) is 1. The highest BCUT2D eigenvalue weighted by molar-refractivity contribution is 6.02. The average molecular weight is 289 g/mol. The van der Waals surface area contributed by atoms with E-state index in [9.17, 15) is 0 Å². The van der Waals surface area contributed by atoms with Gasteiger partial charge in [0.25, 0.3) is 0 Å². The van der Waals surface area contributed by atoms with Gasteiger partial charge in [0.05, 0.1) is 0 Å². The van der Waals surface area contributed by atoms with Crippen LogP contribution in [0.3, 0.4) is 0 Å². The van der Waals surface area contributed by atoms with E-state index in [1.807, 2.05) is 0 Å². The fraction of sp³-hybridized carbons (Fsp3) is 0.333. The van der Waals surface area contributed by atoms with Gasteiger partial charge < -0.3 is 5.73 Å². The van der Waals surface area contributed by atoms with Crippen molar-refractivity contribution in [2.45, 2.75) is 38.1 Å². The molecule has 0 radical (unpaired) electrons. The third kappa shape index (κ3) is 2.30. The van der Waals surface area contributed by atoms with Crippen LogP contribution in [0.15, 0.2) is 54.6 Å². The van der Waals surface area contributed by atoms with Crippen molar-refractivity contribution in [2.24, 2.45) is 11.7 Å². The molecular weight excluding hydrogens is 266 g/mol. The monoisotopic (exact) mass is 289 g/mol. The van der Waals surface area contributed by atoms with Crippen LogP contribution in [0, 0.1) is 5.92 Å². The molecule has 1 atom stereocenters. The normalized spacial score (nSPS) is 17.9. The van der Waals surface area contributed by atoms with Crippen LogP contribution in [0.1, 0.15) is 43.7 Å². The number of benzene rings is 3. The van der Waals surface area contributed by atoms with Gasteiger partial charge in [-0.2, -0.15) is 0 Å². The van der Waals surface area contributed by atoms with E-state index in [0.29, 0.717) is 5.92 Å². The predicted molar refractivity (Wildman–Crippen MR) is 95.0 cm³/mol. The lowest BCUT2D eigenvalue weighted by Gasteiger charge is -2.29. The summed E-state index contributed by atoms with van der Waals surface area (Å²) in [5.41, 5.74) is 8.16. The molecule has 1 aliphatic carbocycles. The van der Waals surface area contributed by atoms with Gasteiger partial charge in [-0.1, -0.05) is 67.8 Å². The summed E-state index contributed by atoms with van der Waals surface area (Å²) in [6.07, 6.45) is 6.60. The second-order valence-electron chi connectivity index (χ2n) is 6.66. The Hall–Kier alpha value is -1.86. The highest BCUT2D eigenvalue weighted by Gasteiger charge is 2.24. The maximum Gasteiger partial charge on any atom is 0.0335 e. The molecule has 0 spiro atoms. The third-order valence-corrected chi connectivity index (χ3v) is 5.30. The van der Waals surface area contributed by atoms with Crippen LogP contribution in [0.2, 0.25) is 0 Å². The molecule has 3 aromatic carbocycles. The second kappa shape index (κ2) is 5.73. The second-order valence-corrected chi connectivity index (χ2v) is 6.66. The van der Waals surface area contributed by atoms with E-state index < -0.39 is 0 Å². The van der Waals surface area contributed by atoms with Crippen LogP contribution in [0.5, 0.6) is 0 Å². The predicted octanol–water partition coefficient (Wildman–Crippen LogP) is 5.57. The van der Waals surface area contributed by atoms with E-state index in [2.05, 4.69) is 54.6 Å². The molecule has 4 rings (SSSR count). The Balaban J connectivity index is 1.95. The molecule has 22 heavy (non-hydrogen) atoms. The Morgan fingerprint density at radius 3 is 1.91 bits per heavy atom. The minimum absolute atomic E-state index is 0.149. The molecule has 1 aliphatic rings. The van der Waals surface area contributed by atoms with Crippen molar-refractivity contribution < 1.29 is 0 Å². The van der Waals surface area contributed by atoms with Crippen molar-refractivity contribution in [1.29, 1.82) is 0 Å². The Kier molecular flexibility index (Phi) is 3.59. The summed E-state index contributed by atoms with van der Waals surface area (Å²) in [6.45, 7) is 0. The largest absolute Gasteiger partial charge is 0.324 e. The quantitative estimate of drug-likeness (QED) is 0.613. The lowest BCUT2D eigenvalue weighted by Crippen LogP contribution is -2.24. The summed E-state index contributed by atoms with van der Waals surface area (Å²) in [7, 11) is 0. The number of fused-ring (bicyclic) bond motifs is 2. The Bertz CT molecular complexity index is 745. The van der Waals surface area contributed by atoms with E-state index in [1.54, 1.807) is 0 Å². The first-order chi connectivity index (χ1) is 10.8. The average Bonchev–Trinajstić information content (AvgIpc) is 2.60. The Morgan fingerprint density at radius 2 is 1.32 bits per heavy atom. The van der Waals surface area contributed by atoms with Gasteiger partial charge in [-0.3, -0.25) is 0 Å². The summed E-state index contributed by atoms with van der Waals surface area (Å²) in [5, 5.41) is 5.28. The summed E-state index contributed by atoms with van der Waals surface area (Å²) in [4.78, 5) is 0. The molecule has 0 unspecified atom stereocenters. The highest BCUT2D eigenvalue weighted by atomic mass is 14.7. The molecule has 0 saturated heterocycles. The van der Waals surface area contributed by atoms with E-state index in [4.69, 9.17) is 5.73 Å². The molecule has 1 fully saturated rings. The molecule has 0 amide bonds. The van der Waals surface area contributed by atoms with Gasteiger partial charge in [-0.15, -0.1) is 0 Å². The first-order valence-corrected chi connectivity index (χ1v) is 8.50. The standard InChI is InChI=1S/C21H23N/c22-21(15-8-2-1-3-9-15)20-18-12-6-4-10-16(18)14-17-11-5-7-13-19(17)20/h4-7,10-15,21H,1-3,8-9,22H2/t21-/m1/s1. The van der Waals surface area contributed by atoms with Crippen molar-refractivity contribution in [2.75, 3.05) is 0 Å².